The van der Waals surface area contributed by atoms with Gasteiger partial charge in [0.1, 0.15) is 18.2 Å². The van der Waals surface area contributed by atoms with Crippen molar-refractivity contribution in [1.29, 1.82) is 0 Å². The van der Waals surface area contributed by atoms with Gasteiger partial charge in [0.15, 0.2) is 0 Å². The van der Waals surface area contributed by atoms with Crippen molar-refractivity contribution in [3.63, 3.8) is 0 Å². The van der Waals surface area contributed by atoms with Crippen molar-refractivity contribution in [1.82, 2.24) is 0 Å². The average molecular weight is 371 g/mol. The van der Waals surface area contributed by atoms with Gasteiger partial charge in [-0.15, -0.1) is 0 Å². The second-order valence-electron chi connectivity index (χ2n) is 4.39. The fourth-order valence-corrected chi connectivity index (χ4v) is 2.11. The molecule has 2 rings (SSSR count). The third-order valence-corrected chi connectivity index (χ3v) is 3.49. The standard InChI is InChI=1S/C15H15FINO/c1-10(18)14-8-12(16)4-7-15(14)19-9-11-2-5-13(17)6-3-11/h2-8,10H,9,18H2,1H3. The van der Waals surface area contributed by atoms with Crippen LogP contribution in [-0.4, -0.2) is 0 Å². The average Bonchev–Trinajstić information content (AvgIpc) is 2.39. The maximum Gasteiger partial charge on any atom is 0.124 e. The number of halogens is 2. The molecule has 0 saturated carbocycles. The molecule has 0 bridgehead atoms. The molecule has 0 radical (unpaired) electrons. The van der Waals surface area contributed by atoms with Crippen LogP contribution in [0.4, 0.5) is 4.39 Å². The minimum atomic E-state index is -0.297. The molecule has 0 heterocycles. The van der Waals surface area contributed by atoms with Gasteiger partial charge in [0, 0.05) is 15.2 Å². The molecule has 2 nitrogen and oxygen atoms in total. The lowest BCUT2D eigenvalue weighted by Gasteiger charge is -2.14. The first-order valence-electron chi connectivity index (χ1n) is 5.98. The van der Waals surface area contributed by atoms with Crippen molar-refractivity contribution in [3.05, 3.63) is 63.0 Å². The molecular weight excluding hydrogens is 356 g/mol. The monoisotopic (exact) mass is 371 g/mol. The van der Waals surface area contributed by atoms with E-state index in [2.05, 4.69) is 22.6 Å². The first-order valence-corrected chi connectivity index (χ1v) is 7.06. The van der Waals surface area contributed by atoms with Gasteiger partial charge in [0.2, 0.25) is 0 Å². The fourth-order valence-electron chi connectivity index (χ4n) is 1.75. The van der Waals surface area contributed by atoms with Crippen LogP contribution < -0.4 is 10.5 Å². The van der Waals surface area contributed by atoms with Crippen molar-refractivity contribution in [2.75, 3.05) is 0 Å². The first kappa shape index (κ1) is 14.3. The summed E-state index contributed by atoms with van der Waals surface area (Å²) in [5, 5.41) is 0. The predicted molar refractivity (Wildman–Crippen MR) is 82.5 cm³/mol. The van der Waals surface area contributed by atoms with E-state index in [0.29, 0.717) is 17.9 Å². The summed E-state index contributed by atoms with van der Waals surface area (Å²) in [6.07, 6.45) is 0. The topological polar surface area (TPSA) is 35.2 Å². The molecule has 0 aliphatic heterocycles. The summed E-state index contributed by atoms with van der Waals surface area (Å²) >= 11 is 2.25. The molecule has 0 aromatic heterocycles. The molecule has 19 heavy (non-hydrogen) atoms. The number of nitrogens with two attached hydrogens (primary N) is 1. The second kappa shape index (κ2) is 6.34. The highest BCUT2D eigenvalue weighted by Crippen LogP contribution is 2.25. The van der Waals surface area contributed by atoms with E-state index in [9.17, 15) is 4.39 Å². The van der Waals surface area contributed by atoms with Gasteiger partial charge in [-0.3, -0.25) is 0 Å². The Morgan fingerprint density at radius 3 is 2.53 bits per heavy atom. The highest BCUT2D eigenvalue weighted by atomic mass is 127. The van der Waals surface area contributed by atoms with Crippen LogP contribution in [-0.2, 0) is 6.61 Å². The van der Waals surface area contributed by atoms with Crippen molar-refractivity contribution < 1.29 is 9.13 Å². The molecule has 2 N–H and O–H groups in total. The first-order chi connectivity index (χ1) is 9.06. The third-order valence-electron chi connectivity index (χ3n) is 2.77. The zero-order valence-corrected chi connectivity index (χ0v) is 12.7. The maximum atomic E-state index is 13.2. The van der Waals surface area contributed by atoms with Crippen LogP contribution in [0.15, 0.2) is 42.5 Å². The second-order valence-corrected chi connectivity index (χ2v) is 5.63. The molecule has 4 heteroatoms. The summed E-state index contributed by atoms with van der Waals surface area (Å²) in [4.78, 5) is 0. The normalized spacial score (nSPS) is 12.2. The Balaban J connectivity index is 2.13. The molecule has 1 atom stereocenters. The molecule has 2 aromatic carbocycles. The Bertz CT molecular complexity index is 555. The summed E-state index contributed by atoms with van der Waals surface area (Å²) in [5.74, 6) is 0.337. The Kier molecular flexibility index (Phi) is 4.76. The SMILES string of the molecule is CC(N)c1cc(F)ccc1OCc1ccc(I)cc1. The van der Waals surface area contributed by atoms with Crippen LogP contribution in [0, 0.1) is 9.39 Å². The van der Waals surface area contributed by atoms with Crippen LogP contribution >= 0.6 is 22.6 Å². The van der Waals surface area contributed by atoms with Crippen molar-refractivity contribution in [2.24, 2.45) is 5.73 Å². The van der Waals surface area contributed by atoms with E-state index in [1.54, 1.807) is 6.07 Å². The van der Waals surface area contributed by atoms with Gasteiger partial charge in [0.05, 0.1) is 0 Å². The molecule has 0 fully saturated rings. The van der Waals surface area contributed by atoms with Crippen molar-refractivity contribution in [3.8, 4) is 5.75 Å². The highest BCUT2D eigenvalue weighted by Gasteiger charge is 2.09. The van der Waals surface area contributed by atoms with Crippen LogP contribution in [0.3, 0.4) is 0 Å². The van der Waals surface area contributed by atoms with Crippen LogP contribution in [0.2, 0.25) is 0 Å². The predicted octanol–water partition coefficient (Wildman–Crippen LogP) is 4.03. The Labute approximate surface area is 125 Å². The summed E-state index contributed by atoms with van der Waals surface area (Å²) in [7, 11) is 0. The maximum absolute atomic E-state index is 13.2. The van der Waals surface area contributed by atoms with Crippen molar-refractivity contribution in [2.45, 2.75) is 19.6 Å². The van der Waals surface area contributed by atoms with Crippen LogP contribution in [0.5, 0.6) is 5.75 Å². The summed E-state index contributed by atoms with van der Waals surface area (Å²) < 4.78 is 20.1. The number of hydrogen-bond donors (Lipinski definition) is 1. The third kappa shape index (κ3) is 3.91. The van der Waals surface area contributed by atoms with Gasteiger partial charge in [-0.2, -0.15) is 0 Å². The van der Waals surface area contributed by atoms with Gasteiger partial charge < -0.3 is 10.5 Å². The Hall–Kier alpha value is -1.14. The molecule has 1 unspecified atom stereocenters. The van der Waals surface area contributed by atoms with E-state index in [4.69, 9.17) is 10.5 Å². The lowest BCUT2D eigenvalue weighted by Crippen LogP contribution is -2.08. The number of ether oxygens (including phenoxy) is 1. The smallest absolute Gasteiger partial charge is 0.124 e. The molecule has 0 aliphatic rings. The van der Waals surface area contributed by atoms with Crippen molar-refractivity contribution >= 4 is 22.6 Å². The van der Waals surface area contributed by atoms with Crippen LogP contribution in [0.1, 0.15) is 24.1 Å². The number of benzene rings is 2. The minimum absolute atomic E-state index is 0.262. The molecular formula is C15H15FINO. The van der Waals surface area contributed by atoms with E-state index in [1.807, 2.05) is 31.2 Å². The molecule has 0 aliphatic carbocycles. The van der Waals surface area contributed by atoms with Gasteiger partial charge in [-0.05, 0) is 65.4 Å². The molecule has 0 amide bonds. The quantitative estimate of drug-likeness (QED) is 0.824. The van der Waals surface area contributed by atoms with E-state index in [0.717, 1.165) is 5.56 Å². The molecule has 100 valence electrons. The number of hydrogen-bond acceptors (Lipinski definition) is 2. The fraction of sp³-hybridized carbons (Fsp3) is 0.200. The summed E-state index contributed by atoms with van der Waals surface area (Å²) in [5.41, 5.74) is 7.58. The largest absolute Gasteiger partial charge is 0.489 e. The molecule has 2 aromatic rings. The van der Waals surface area contributed by atoms with E-state index in [1.165, 1.54) is 15.7 Å². The van der Waals surface area contributed by atoms with Crippen LogP contribution in [0.25, 0.3) is 0 Å². The highest BCUT2D eigenvalue weighted by molar-refractivity contribution is 14.1. The molecule has 0 saturated heterocycles. The Morgan fingerprint density at radius 2 is 1.89 bits per heavy atom. The van der Waals surface area contributed by atoms with Gasteiger partial charge in [0.25, 0.3) is 0 Å². The Morgan fingerprint density at radius 1 is 1.21 bits per heavy atom. The van der Waals surface area contributed by atoms with Gasteiger partial charge >= 0.3 is 0 Å². The summed E-state index contributed by atoms with van der Waals surface area (Å²) in [6.45, 7) is 2.26. The summed E-state index contributed by atoms with van der Waals surface area (Å²) in [6, 6.07) is 12.2. The zero-order valence-electron chi connectivity index (χ0n) is 10.6. The minimum Gasteiger partial charge on any atom is -0.489 e. The number of rotatable bonds is 4. The van der Waals surface area contributed by atoms with E-state index < -0.39 is 0 Å². The van der Waals surface area contributed by atoms with E-state index in [-0.39, 0.29) is 11.9 Å². The van der Waals surface area contributed by atoms with Gasteiger partial charge in [-0.25, -0.2) is 4.39 Å². The van der Waals surface area contributed by atoms with E-state index >= 15 is 0 Å². The lowest BCUT2D eigenvalue weighted by atomic mass is 10.1. The van der Waals surface area contributed by atoms with Gasteiger partial charge in [-0.1, -0.05) is 12.1 Å². The lowest BCUT2D eigenvalue weighted by molar-refractivity contribution is 0.301. The molecule has 0 spiro atoms. The zero-order chi connectivity index (χ0) is 13.8.